The molecule has 1 saturated heterocycles. The number of hydrogen-bond donors (Lipinski definition) is 2. The summed E-state index contributed by atoms with van der Waals surface area (Å²) in [6.07, 6.45) is 9.86. The van der Waals surface area contributed by atoms with Crippen LogP contribution in [0.5, 0.6) is 0 Å². The molecule has 1 aliphatic heterocycles. The van der Waals surface area contributed by atoms with E-state index in [4.69, 9.17) is 0 Å². The van der Waals surface area contributed by atoms with Gasteiger partial charge in [0.15, 0.2) is 5.96 Å². The maximum Gasteiger partial charge on any atom is 0.211 e. The maximum atomic E-state index is 11.6. The summed E-state index contributed by atoms with van der Waals surface area (Å²) in [6.45, 7) is 5.48. The minimum atomic E-state index is -3.04. The molecule has 2 unspecified atom stereocenters. The minimum absolute atomic E-state index is 0. The molecule has 2 fully saturated rings. The normalized spacial score (nSPS) is 26.2. The Bertz CT molecular complexity index is 533. The van der Waals surface area contributed by atoms with Crippen molar-refractivity contribution in [1.29, 1.82) is 0 Å². The highest BCUT2D eigenvalue weighted by Gasteiger charge is 2.25. The second-order valence-electron chi connectivity index (χ2n) is 7.91. The van der Waals surface area contributed by atoms with Crippen LogP contribution >= 0.6 is 24.0 Å². The molecule has 0 radical (unpaired) electrons. The number of aliphatic imine (C=N–C) groups is 1. The van der Waals surface area contributed by atoms with Crippen LogP contribution in [0.2, 0.25) is 0 Å². The molecular weight excluding hydrogens is 463 g/mol. The number of guanidine groups is 1. The standard InChI is InChI=1S/C18H36N4O2S.HI/c1-15-5-4-6-16(13-15)7-10-20-18(19-2)21-14-17-8-11-22(12-9-17)25(3,23)24;/h15-17H,4-14H2,1-3H3,(H2,19,20,21);1H. The van der Waals surface area contributed by atoms with Gasteiger partial charge in [0.25, 0.3) is 0 Å². The average molecular weight is 500 g/mol. The van der Waals surface area contributed by atoms with Crippen molar-refractivity contribution in [2.24, 2.45) is 22.7 Å². The molecule has 0 aromatic heterocycles. The molecule has 8 heteroatoms. The molecular formula is C18H37IN4O2S. The van der Waals surface area contributed by atoms with E-state index in [0.717, 1.165) is 43.7 Å². The number of piperidine rings is 1. The van der Waals surface area contributed by atoms with Gasteiger partial charge in [0.05, 0.1) is 6.26 Å². The molecule has 0 aromatic carbocycles. The van der Waals surface area contributed by atoms with E-state index in [1.807, 2.05) is 7.05 Å². The summed E-state index contributed by atoms with van der Waals surface area (Å²) in [7, 11) is -1.23. The first-order chi connectivity index (χ1) is 11.9. The lowest BCUT2D eigenvalue weighted by Crippen LogP contribution is -2.44. The molecule has 2 rings (SSSR count). The van der Waals surface area contributed by atoms with Gasteiger partial charge in [-0.05, 0) is 43.4 Å². The third-order valence-corrected chi connectivity index (χ3v) is 7.02. The highest BCUT2D eigenvalue weighted by atomic mass is 127. The van der Waals surface area contributed by atoms with Gasteiger partial charge in [-0.2, -0.15) is 0 Å². The summed E-state index contributed by atoms with van der Waals surface area (Å²) in [6, 6.07) is 0. The molecule has 1 aliphatic carbocycles. The fourth-order valence-electron chi connectivity index (χ4n) is 4.12. The van der Waals surface area contributed by atoms with Crippen LogP contribution in [-0.2, 0) is 10.0 Å². The summed E-state index contributed by atoms with van der Waals surface area (Å²) in [4.78, 5) is 4.31. The quantitative estimate of drug-likeness (QED) is 0.334. The first-order valence-electron chi connectivity index (χ1n) is 9.78. The van der Waals surface area contributed by atoms with E-state index in [2.05, 4.69) is 22.5 Å². The summed E-state index contributed by atoms with van der Waals surface area (Å²) in [5, 5.41) is 6.85. The van der Waals surface area contributed by atoms with Crippen molar-refractivity contribution < 1.29 is 8.42 Å². The van der Waals surface area contributed by atoms with Crippen molar-refractivity contribution in [3.05, 3.63) is 0 Å². The van der Waals surface area contributed by atoms with E-state index in [9.17, 15) is 8.42 Å². The van der Waals surface area contributed by atoms with Gasteiger partial charge in [-0.1, -0.05) is 26.2 Å². The van der Waals surface area contributed by atoms with Crippen LogP contribution in [-0.4, -0.2) is 58.2 Å². The summed E-state index contributed by atoms with van der Waals surface area (Å²) in [5.74, 6) is 3.12. The Morgan fingerprint density at radius 3 is 2.38 bits per heavy atom. The predicted octanol–water partition coefficient (Wildman–Crippen LogP) is 2.66. The lowest BCUT2D eigenvalue weighted by atomic mass is 9.81. The van der Waals surface area contributed by atoms with Crippen molar-refractivity contribution in [2.45, 2.75) is 51.9 Å². The Morgan fingerprint density at radius 1 is 1.12 bits per heavy atom. The SMILES string of the molecule is CN=C(NCCC1CCCC(C)C1)NCC1CCN(S(C)(=O)=O)CC1.I. The third-order valence-electron chi connectivity index (χ3n) is 5.71. The number of sulfonamides is 1. The van der Waals surface area contributed by atoms with E-state index < -0.39 is 10.0 Å². The Hall–Kier alpha value is -0.0900. The van der Waals surface area contributed by atoms with Crippen molar-refractivity contribution in [3.63, 3.8) is 0 Å². The second-order valence-corrected chi connectivity index (χ2v) is 9.89. The zero-order valence-electron chi connectivity index (χ0n) is 16.5. The van der Waals surface area contributed by atoms with Crippen LogP contribution in [0.1, 0.15) is 51.9 Å². The van der Waals surface area contributed by atoms with Crippen molar-refractivity contribution >= 4 is 40.0 Å². The van der Waals surface area contributed by atoms with Crippen molar-refractivity contribution in [3.8, 4) is 0 Å². The number of hydrogen-bond acceptors (Lipinski definition) is 3. The molecule has 2 N–H and O–H groups in total. The number of halogens is 1. The van der Waals surface area contributed by atoms with E-state index in [1.54, 1.807) is 4.31 Å². The summed E-state index contributed by atoms with van der Waals surface area (Å²) < 4.78 is 24.7. The van der Waals surface area contributed by atoms with Gasteiger partial charge in [0.1, 0.15) is 0 Å². The van der Waals surface area contributed by atoms with Crippen LogP contribution in [0.3, 0.4) is 0 Å². The molecule has 0 bridgehead atoms. The lowest BCUT2D eigenvalue weighted by molar-refractivity contribution is 0.269. The number of nitrogens with zero attached hydrogens (tertiary/aromatic N) is 2. The third kappa shape index (κ3) is 8.29. The monoisotopic (exact) mass is 500 g/mol. The van der Waals surface area contributed by atoms with Crippen LogP contribution in [0.25, 0.3) is 0 Å². The van der Waals surface area contributed by atoms with Crippen molar-refractivity contribution in [2.75, 3.05) is 39.5 Å². The van der Waals surface area contributed by atoms with Gasteiger partial charge in [-0.15, -0.1) is 24.0 Å². The van der Waals surface area contributed by atoms with Crippen LogP contribution in [0, 0.1) is 17.8 Å². The maximum absolute atomic E-state index is 11.6. The van der Waals surface area contributed by atoms with E-state index >= 15 is 0 Å². The molecule has 0 spiro atoms. The van der Waals surface area contributed by atoms with E-state index in [0.29, 0.717) is 19.0 Å². The Labute approximate surface area is 177 Å². The van der Waals surface area contributed by atoms with Gasteiger partial charge in [0.2, 0.25) is 10.0 Å². The molecule has 1 saturated carbocycles. The fraction of sp³-hybridized carbons (Fsp3) is 0.944. The largest absolute Gasteiger partial charge is 0.356 e. The van der Waals surface area contributed by atoms with Crippen LogP contribution < -0.4 is 10.6 Å². The molecule has 2 aliphatic rings. The van der Waals surface area contributed by atoms with Crippen LogP contribution in [0.15, 0.2) is 4.99 Å². The van der Waals surface area contributed by atoms with Gasteiger partial charge < -0.3 is 10.6 Å². The molecule has 1 heterocycles. The first kappa shape index (κ1) is 23.9. The predicted molar refractivity (Wildman–Crippen MR) is 120 cm³/mol. The zero-order chi connectivity index (χ0) is 18.3. The Kier molecular flexibility index (Phi) is 10.8. The topological polar surface area (TPSA) is 73.8 Å². The lowest BCUT2D eigenvalue weighted by Gasteiger charge is -2.30. The zero-order valence-corrected chi connectivity index (χ0v) is 19.7. The highest BCUT2D eigenvalue weighted by molar-refractivity contribution is 14.0. The Balaban J connectivity index is 0.00000338. The molecule has 0 aromatic rings. The number of rotatable bonds is 6. The van der Waals surface area contributed by atoms with E-state index in [1.165, 1.54) is 38.4 Å². The smallest absolute Gasteiger partial charge is 0.211 e. The molecule has 0 amide bonds. The molecule has 26 heavy (non-hydrogen) atoms. The second kappa shape index (κ2) is 11.7. The van der Waals surface area contributed by atoms with Gasteiger partial charge >= 0.3 is 0 Å². The Morgan fingerprint density at radius 2 is 1.81 bits per heavy atom. The van der Waals surface area contributed by atoms with Crippen LogP contribution in [0.4, 0.5) is 0 Å². The van der Waals surface area contributed by atoms with Gasteiger partial charge in [-0.3, -0.25) is 4.99 Å². The van der Waals surface area contributed by atoms with Gasteiger partial charge in [-0.25, -0.2) is 12.7 Å². The fourth-order valence-corrected chi connectivity index (χ4v) is 5.00. The minimum Gasteiger partial charge on any atom is -0.356 e. The first-order valence-corrected chi connectivity index (χ1v) is 11.6. The van der Waals surface area contributed by atoms with Crippen molar-refractivity contribution in [1.82, 2.24) is 14.9 Å². The molecule has 154 valence electrons. The van der Waals surface area contributed by atoms with E-state index in [-0.39, 0.29) is 24.0 Å². The average Bonchev–Trinajstić information content (AvgIpc) is 2.57. The summed E-state index contributed by atoms with van der Waals surface area (Å²) >= 11 is 0. The highest BCUT2D eigenvalue weighted by Crippen LogP contribution is 2.30. The number of nitrogens with one attached hydrogen (secondary N) is 2. The molecule has 2 atom stereocenters. The molecule has 6 nitrogen and oxygen atoms in total. The summed E-state index contributed by atoms with van der Waals surface area (Å²) in [5.41, 5.74) is 0. The van der Waals surface area contributed by atoms with Gasteiger partial charge in [0, 0.05) is 33.2 Å².